The molecule has 0 aromatic heterocycles. The number of hydrogen-bond acceptors (Lipinski definition) is 3. The lowest BCUT2D eigenvalue weighted by Crippen LogP contribution is -2.30. The monoisotopic (exact) mass is 387 g/mol. The van der Waals surface area contributed by atoms with Crippen LogP contribution in [-0.4, -0.2) is 23.1 Å². The van der Waals surface area contributed by atoms with E-state index in [1.54, 1.807) is 12.1 Å². The first-order valence-corrected chi connectivity index (χ1v) is 7.86. The molecule has 5 nitrogen and oxygen atoms in total. The number of anilines is 1. The van der Waals surface area contributed by atoms with Crippen LogP contribution in [0.2, 0.25) is 15.1 Å². The van der Waals surface area contributed by atoms with Gasteiger partial charge in [0.25, 0.3) is 5.91 Å². The summed E-state index contributed by atoms with van der Waals surface area (Å²) >= 11 is 17.8. The smallest absolute Gasteiger partial charge is 0.335 e. The molecule has 0 saturated carbocycles. The van der Waals surface area contributed by atoms with Gasteiger partial charge in [-0.15, -0.1) is 0 Å². The number of benzene rings is 2. The third kappa shape index (κ3) is 4.54. The molecule has 0 radical (unpaired) electrons. The number of carbonyl (C=O) groups excluding carboxylic acids is 1. The Balaban J connectivity index is 2.11. The first-order chi connectivity index (χ1) is 11.3. The average Bonchev–Trinajstić information content (AvgIpc) is 2.51. The van der Waals surface area contributed by atoms with Crippen molar-refractivity contribution in [2.24, 2.45) is 0 Å². The molecule has 24 heavy (non-hydrogen) atoms. The summed E-state index contributed by atoms with van der Waals surface area (Å²) in [5.41, 5.74) is 0.184. The van der Waals surface area contributed by atoms with Gasteiger partial charge >= 0.3 is 5.97 Å². The molecule has 1 amide bonds. The van der Waals surface area contributed by atoms with Crippen LogP contribution in [0, 0.1) is 0 Å². The van der Waals surface area contributed by atoms with E-state index in [4.69, 9.17) is 44.6 Å². The average molecular weight is 389 g/mol. The van der Waals surface area contributed by atoms with Crippen LogP contribution < -0.4 is 10.1 Å². The van der Waals surface area contributed by atoms with Gasteiger partial charge in [-0.1, -0.05) is 34.8 Å². The standard InChI is InChI=1S/C16H12Cl3NO4/c1-8(24-14-5-3-10(17)7-12(14)19)15(21)20-13-6-9(16(22)23)2-4-11(13)18/h2-8H,1H3,(H,20,21)(H,22,23). The predicted octanol–water partition coefficient (Wildman–Crippen LogP) is 4.75. The Kier molecular flexibility index (Phi) is 5.94. The lowest BCUT2D eigenvalue weighted by atomic mass is 10.2. The molecular weight excluding hydrogens is 377 g/mol. The van der Waals surface area contributed by atoms with E-state index in [2.05, 4.69) is 5.32 Å². The fourth-order valence-corrected chi connectivity index (χ4v) is 2.42. The van der Waals surface area contributed by atoms with Gasteiger partial charge in [-0.05, 0) is 43.3 Å². The van der Waals surface area contributed by atoms with Gasteiger partial charge in [0, 0.05) is 5.02 Å². The second-order valence-electron chi connectivity index (χ2n) is 4.82. The molecule has 0 aliphatic carbocycles. The fraction of sp³-hybridized carbons (Fsp3) is 0.125. The van der Waals surface area contributed by atoms with Crippen LogP contribution in [-0.2, 0) is 4.79 Å². The van der Waals surface area contributed by atoms with Crippen LogP contribution in [0.15, 0.2) is 36.4 Å². The van der Waals surface area contributed by atoms with Gasteiger partial charge in [0.05, 0.1) is 21.3 Å². The summed E-state index contributed by atoms with van der Waals surface area (Å²) in [4.78, 5) is 23.2. The van der Waals surface area contributed by atoms with Crippen molar-refractivity contribution in [1.82, 2.24) is 0 Å². The minimum Gasteiger partial charge on any atom is -0.479 e. The van der Waals surface area contributed by atoms with E-state index in [1.165, 1.54) is 31.2 Å². The summed E-state index contributed by atoms with van der Waals surface area (Å²) in [6.07, 6.45) is -0.895. The molecule has 0 spiro atoms. The number of ether oxygens (including phenoxy) is 1. The zero-order chi connectivity index (χ0) is 17.9. The molecule has 0 saturated heterocycles. The van der Waals surface area contributed by atoms with Crippen LogP contribution in [0.4, 0.5) is 5.69 Å². The summed E-state index contributed by atoms with van der Waals surface area (Å²) in [6.45, 7) is 1.52. The normalized spacial score (nSPS) is 11.7. The Labute approximate surface area is 153 Å². The maximum atomic E-state index is 12.2. The summed E-state index contributed by atoms with van der Waals surface area (Å²) in [5, 5.41) is 12.4. The van der Waals surface area contributed by atoms with Gasteiger partial charge < -0.3 is 15.2 Å². The molecular formula is C16H12Cl3NO4. The second kappa shape index (κ2) is 7.75. The van der Waals surface area contributed by atoms with Gasteiger partial charge in [0.1, 0.15) is 5.75 Å². The number of carboxylic acid groups (broad SMARTS) is 1. The highest BCUT2D eigenvalue weighted by Gasteiger charge is 2.18. The molecule has 0 bridgehead atoms. The molecule has 2 rings (SSSR count). The van der Waals surface area contributed by atoms with Gasteiger partial charge in [-0.3, -0.25) is 4.79 Å². The molecule has 8 heteroatoms. The quantitative estimate of drug-likeness (QED) is 0.775. The minimum absolute atomic E-state index is 0.00372. The van der Waals surface area contributed by atoms with E-state index < -0.39 is 18.0 Å². The van der Waals surface area contributed by atoms with Crippen molar-refractivity contribution in [2.75, 3.05) is 5.32 Å². The van der Waals surface area contributed by atoms with E-state index in [1.807, 2.05) is 0 Å². The largest absolute Gasteiger partial charge is 0.479 e. The fourth-order valence-electron chi connectivity index (χ4n) is 1.80. The zero-order valence-corrected chi connectivity index (χ0v) is 14.6. The van der Waals surface area contributed by atoms with Crippen molar-refractivity contribution >= 4 is 52.4 Å². The van der Waals surface area contributed by atoms with Crippen LogP contribution in [0.5, 0.6) is 5.75 Å². The highest BCUT2D eigenvalue weighted by Crippen LogP contribution is 2.29. The number of nitrogens with one attached hydrogen (secondary N) is 1. The van der Waals surface area contributed by atoms with E-state index in [9.17, 15) is 9.59 Å². The van der Waals surface area contributed by atoms with Crippen molar-refractivity contribution in [3.63, 3.8) is 0 Å². The molecule has 0 heterocycles. The number of amides is 1. The molecule has 0 fully saturated rings. The van der Waals surface area contributed by atoms with Crippen LogP contribution >= 0.6 is 34.8 Å². The molecule has 0 aliphatic rings. The molecule has 1 unspecified atom stereocenters. The topological polar surface area (TPSA) is 75.6 Å². The van der Waals surface area contributed by atoms with Gasteiger partial charge in [-0.2, -0.15) is 0 Å². The summed E-state index contributed by atoms with van der Waals surface area (Å²) < 4.78 is 5.49. The number of rotatable bonds is 5. The molecule has 2 N–H and O–H groups in total. The Morgan fingerprint density at radius 2 is 1.79 bits per heavy atom. The first-order valence-electron chi connectivity index (χ1n) is 6.73. The van der Waals surface area contributed by atoms with Crippen molar-refractivity contribution < 1.29 is 19.4 Å². The van der Waals surface area contributed by atoms with E-state index in [-0.39, 0.29) is 21.3 Å². The number of aromatic carboxylic acids is 1. The summed E-state index contributed by atoms with van der Waals surface area (Å²) in [6, 6.07) is 8.63. The highest BCUT2D eigenvalue weighted by molar-refractivity contribution is 6.35. The first kappa shape index (κ1) is 18.4. The van der Waals surface area contributed by atoms with Crippen LogP contribution in [0.1, 0.15) is 17.3 Å². The zero-order valence-electron chi connectivity index (χ0n) is 12.3. The van der Waals surface area contributed by atoms with E-state index in [0.29, 0.717) is 10.8 Å². The summed E-state index contributed by atoms with van der Waals surface area (Å²) in [7, 11) is 0. The van der Waals surface area contributed by atoms with Crippen molar-refractivity contribution in [2.45, 2.75) is 13.0 Å². The molecule has 2 aromatic rings. The van der Waals surface area contributed by atoms with Crippen molar-refractivity contribution in [3.8, 4) is 5.75 Å². The lowest BCUT2D eigenvalue weighted by molar-refractivity contribution is -0.122. The highest BCUT2D eigenvalue weighted by atomic mass is 35.5. The predicted molar refractivity (Wildman–Crippen MR) is 93.6 cm³/mol. The Morgan fingerprint density at radius 3 is 2.42 bits per heavy atom. The molecule has 0 aliphatic heterocycles. The Bertz CT molecular complexity index is 795. The molecule has 126 valence electrons. The maximum Gasteiger partial charge on any atom is 0.335 e. The van der Waals surface area contributed by atoms with Gasteiger partial charge in [0.2, 0.25) is 0 Å². The van der Waals surface area contributed by atoms with Crippen molar-refractivity contribution in [3.05, 3.63) is 57.0 Å². The Hall–Kier alpha value is -1.95. The maximum absolute atomic E-state index is 12.2. The third-order valence-electron chi connectivity index (χ3n) is 3.04. The van der Waals surface area contributed by atoms with Gasteiger partial charge in [0.15, 0.2) is 6.10 Å². The number of carboxylic acids is 1. The lowest BCUT2D eigenvalue weighted by Gasteiger charge is -2.16. The minimum atomic E-state index is -1.13. The van der Waals surface area contributed by atoms with Crippen LogP contribution in [0.25, 0.3) is 0 Å². The van der Waals surface area contributed by atoms with Crippen molar-refractivity contribution in [1.29, 1.82) is 0 Å². The number of carbonyl (C=O) groups is 2. The number of halogens is 3. The number of hydrogen-bond donors (Lipinski definition) is 2. The summed E-state index contributed by atoms with van der Waals surface area (Å²) in [5.74, 6) is -1.33. The Morgan fingerprint density at radius 1 is 1.08 bits per heavy atom. The van der Waals surface area contributed by atoms with E-state index in [0.717, 1.165) is 0 Å². The van der Waals surface area contributed by atoms with Crippen LogP contribution in [0.3, 0.4) is 0 Å². The third-order valence-corrected chi connectivity index (χ3v) is 3.90. The second-order valence-corrected chi connectivity index (χ2v) is 6.07. The van der Waals surface area contributed by atoms with Gasteiger partial charge in [-0.25, -0.2) is 4.79 Å². The molecule has 2 aromatic carbocycles. The SMILES string of the molecule is CC(Oc1ccc(Cl)cc1Cl)C(=O)Nc1cc(C(=O)O)ccc1Cl. The molecule has 1 atom stereocenters. The van der Waals surface area contributed by atoms with E-state index >= 15 is 0 Å².